The highest BCUT2D eigenvalue weighted by atomic mass is 16.4. The van der Waals surface area contributed by atoms with Crippen LogP contribution in [-0.4, -0.2) is 16.9 Å². The van der Waals surface area contributed by atoms with Crippen molar-refractivity contribution in [3.8, 4) is 0 Å². The normalized spacial score (nSPS) is 11.2. The molecule has 0 spiro atoms. The number of allylic oxidation sites excluding steroid dienone is 1. The molecule has 0 saturated heterocycles. The van der Waals surface area contributed by atoms with Crippen molar-refractivity contribution in [3.63, 3.8) is 0 Å². The first kappa shape index (κ1) is 8.88. The van der Waals surface area contributed by atoms with E-state index in [4.69, 9.17) is 5.11 Å². The molecule has 0 unspecified atom stereocenters. The van der Waals surface area contributed by atoms with Crippen LogP contribution >= 0.6 is 0 Å². The molecular formula is C7H10O3. The molecule has 0 aliphatic rings. The summed E-state index contributed by atoms with van der Waals surface area (Å²) in [5.41, 5.74) is 0.354. The molecule has 0 aromatic rings. The Bertz CT molecular complexity index is 179. The second kappa shape index (κ2) is 3.82. The van der Waals surface area contributed by atoms with Gasteiger partial charge in [0.05, 0.1) is 6.42 Å². The molecular weight excluding hydrogens is 132 g/mol. The lowest BCUT2D eigenvalue weighted by molar-refractivity contribution is -0.136. The van der Waals surface area contributed by atoms with Crippen molar-refractivity contribution in [1.82, 2.24) is 0 Å². The first-order valence-corrected chi connectivity index (χ1v) is 2.95. The van der Waals surface area contributed by atoms with E-state index in [0.29, 0.717) is 5.57 Å². The predicted octanol–water partition coefficient (Wildman–Crippen LogP) is 0.996. The van der Waals surface area contributed by atoms with E-state index >= 15 is 0 Å². The summed E-state index contributed by atoms with van der Waals surface area (Å²) in [5, 5.41) is 8.27. The van der Waals surface area contributed by atoms with E-state index in [-0.39, 0.29) is 12.2 Å². The van der Waals surface area contributed by atoms with Crippen molar-refractivity contribution in [3.05, 3.63) is 11.6 Å². The highest BCUT2D eigenvalue weighted by Gasteiger charge is 2.06. The highest BCUT2D eigenvalue weighted by Crippen LogP contribution is 2.01. The van der Waals surface area contributed by atoms with Gasteiger partial charge in [0.15, 0.2) is 5.78 Å². The zero-order valence-corrected chi connectivity index (χ0v) is 6.05. The quantitative estimate of drug-likeness (QED) is 0.598. The largest absolute Gasteiger partial charge is 0.481 e. The molecule has 10 heavy (non-hydrogen) atoms. The van der Waals surface area contributed by atoms with Crippen LogP contribution in [0.25, 0.3) is 0 Å². The van der Waals surface area contributed by atoms with Gasteiger partial charge in [0.25, 0.3) is 0 Å². The van der Waals surface area contributed by atoms with E-state index < -0.39 is 5.97 Å². The summed E-state index contributed by atoms with van der Waals surface area (Å²) in [5.74, 6) is -1.15. The molecule has 0 heterocycles. The fourth-order valence-corrected chi connectivity index (χ4v) is 0.593. The third kappa shape index (κ3) is 3.02. The third-order valence-electron chi connectivity index (χ3n) is 1.14. The van der Waals surface area contributed by atoms with Crippen LogP contribution in [0.1, 0.15) is 20.3 Å². The van der Waals surface area contributed by atoms with Crippen LogP contribution in [0, 0.1) is 0 Å². The van der Waals surface area contributed by atoms with Crippen LogP contribution in [0.2, 0.25) is 0 Å². The Labute approximate surface area is 59.4 Å². The first-order chi connectivity index (χ1) is 4.57. The monoisotopic (exact) mass is 142 g/mol. The fourth-order valence-electron chi connectivity index (χ4n) is 0.593. The topological polar surface area (TPSA) is 54.4 Å². The Morgan fingerprint density at radius 2 is 2.00 bits per heavy atom. The minimum atomic E-state index is -0.969. The number of ketones is 1. The molecule has 0 amide bonds. The maximum atomic E-state index is 10.6. The average molecular weight is 142 g/mol. The van der Waals surface area contributed by atoms with Gasteiger partial charge in [-0.15, -0.1) is 0 Å². The zero-order chi connectivity index (χ0) is 8.15. The average Bonchev–Trinajstić information content (AvgIpc) is 1.81. The van der Waals surface area contributed by atoms with Crippen LogP contribution < -0.4 is 0 Å². The van der Waals surface area contributed by atoms with Gasteiger partial charge in [0.1, 0.15) is 0 Å². The van der Waals surface area contributed by atoms with Crippen LogP contribution in [0.5, 0.6) is 0 Å². The van der Waals surface area contributed by atoms with Gasteiger partial charge < -0.3 is 5.11 Å². The number of carbonyl (C=O) groups excluding carboxylic acids is 1. The number of aliphatic carboxylic acids is 1. The first-order valence-electron chi connectivity index (χ1n) is 2.95. The molecule has 0 aliphatic heterocycles. The molecule has 0 radical (unpaired) electrons. The summed E-state index contributed by atoms with van der Waals surface area (Å²) in [7, 11) is 0. The number of hydrogen-bond donors (Lipinski definition) is 1. The molecule has 56 valence electrons. The van der Waals surface area contributed by atoms with Crippen molar-refractivity contribution in [2.45, 2.75) is 20.3 Å². The standard InChI is InChI=1S/C7H10O3/c1-3-6(5(2)8)4-7(9)10/h3H,4H2,1-2H3,(H,9,10)/b6-3-. The SMILES string of the molecule is C/C=C(/CC(=O)O)C(C)=O. The van der Waals surface area contributed by atoms with Crippen molar-refractivity contribution in [1.29, 1.82) is 0 Å². The summed E-state index contributed by atoms with van der Waals surface area (Å²) >= 11 is 0. The lowest BCUT2D eigenvalue weighted by Crippen LogP contribution is -2.03. The minimum absolute atomic E-state index is 0.175. The lowest BCUT2D eigenvalue weighted by atomic mass is 10.1. The molecule has 1 N–H and O–H groups in total. The van der Waals surface area contributed by atoms with Gasteiger partial charge in [-0.05, 0) is 13.8 Å². The second-order valence-corrected chi connectivity index (χ2v) is 1.94. The predicted molar refractivity (Wildman–Crippen MR) is 36.7 cm³/mol. The van der Waals surface area contributed by atoms with Crippen LogP contribution in [0.15, 0.2) is 11.6 Å². The Morgan fingerprint density at radius 3 is 2.10 bits per heavy atom. The smallest absolute Gasteiger partial charge is 0.307 e. The van der Waals surface area contributed by atoms with E-state index in [2.05, 4.69) is 0 Å². The number of Topliss-reactive ketones (excluding diaryl/α,β-unsaturated/α-hetero) is 1. The van der Waals surface area contributed by atoms with E-state index in [1.807, 2.05) is 0 Å². The van der Waals surface area contributed by atoms with Crippen molar-refractivity contribution in [2.24, 2.45) is 0 Å². The molecule has 0 aromatic heterocycles. The number of hydrogen-bond acceptors (Lipinski definition) is 2. The summed E-state index contributed by atoms with van der Waals surface area (Å²) in [4.78, 5) is 20.7. The van der Waals surface area contributed by atoms with Crippen LogP contribution in [0.3, 0.4) is 0 Å². The number of carboxylic acid groups (broad SMARTS) is 1. The second-order valence-electron chi connectivity index (χ2n) is 1.94. The van der Waals surface area contributed by atoms with Gasteiger partial charge in [-0.1, -0.05) is 6.08 Å². The van der Waals surface area contributed by atoms with E-state index in [0.717, 1.165) is 0 Å². The molecule has 0 atom stereocenters. The Morgan fingerprint density at radius 1 is 1.50 bits per heavy atom. The summed E-state index contributed by atoms with van der Waals surface area (Å²) in [6, 6.07) is 0. The van der Waals surface area contributed by atoms with Gasteiger partial charge in [-0.2, -0.15) is 0 Å². The molecule has 0 saturated carbocycles. The van der Waals surface area contributed by atoms with Gasteiger partial charge in [0, 0.05) is 5.57 Å². The van der Waals surface area contributed by atoms with Crippen molar-refractivity contribution in [2.75, 3.05) is 0 Å². The van der Waals surface area contributed by atoms with Gasteiger partial charge in [-0.25, -0.2) is 0 Å². The van der Waals surface area contributed by atoms with E-state index in [9.17, 15) is 9.59 Å². The highest BCUT2D eigenvalue weighted by molar-refractivity contribution is 5.97. The van der Waals surface area contributed by atoms with Crippen LogP contribution in [-0.2, 0) is 9.59 Å². The number of carbonyl (C=O) groups is 2. The zero-order valence-electron chi connectivity index (χ0n) is 6.05. The molecule has 0 rings (SSSR count). The Balaban J connectivity index is 4.12. The molecule has 0 fully saturated rings. The lowest BCUT2D eigenvalue weighted by Gasteiger charge is -1.95. The summed E-state index contributed by atoms with van der Waals surface area (Å²) < 4.78 is 0. The van der Waals surface area contributed by atoms with Gasteiger partial charge >= 0.3 is 5.97 Å². The van der Waals surface area contributed by atoms with E-state index in [1.165, 1.54) is 13.0 Å². The molecule has 3 heteroatoms. The summed E-state index contributed by atoms with van der Waals surface area (Å²) in [6.07, 6.45) is 1.35. The Kier molecular flexibility index (Phi) is 3.39. The Hall–Kier alpha value is -1.12. The van der Waals surface area contributed by atoms with Crippen molar-refractivity contribution >= 4 is 11.8 Å². The van der Waals surface area contributed by atoms with Crippen molar-refractivity contribution < 1.29 is 14.7 Å². The fraction of sp³-hybridized carbons (Fsp3) is 0.429. The third-order valence-corrected chi connectivity index (χ3v) is 1.14. The maximum absolute atomic E-state index is 10.6. The van der Waals surface area contributed by atoms with E-state index in [1.54, 1.807) is 6.92 Å². The number of carboxylic acids is 1. The number of rotatable bonds is 3. The van der Waals surface area contributed by atoms with Crippen LogP contribution in [0.4, 0.5) is 0 Å². The molecule has 0 aromatic carbocycles. The van der Waals surface area contributed by atoms with Gasteiger partial charge in [-0.3, -0.25) is 9.59 Å². The minimum Gasteiger partial charge on any atom is -0.481 e. The maximum Gasteiger partial charge on any atom is 0.307 e. The summed E-state index contributed by atoms with van der Waals surface area (Å²) in [6.45, 7) is 3.01. The van der Waals surface area contributed by atoms with Gasteiger partial charge in [0.2, 0.25) is 0 Å². The molecule has 0 aliphatic carbocycles. The molecule has 0 bridgehead atoms. The molecule has 3 nitrogen and oxygen atoms in total.